The molecule has 134 valence electrons. The second-order valence-electron chi connectivity index (χ2n) is 6.47. The SMILES string of the molecule is CCOc1ccc(-c2noc(CNc3cccc4c3CCCC4)n2)cc1. The second kappa shape index (κ2) is 7.60. The molecule has 3 aromatic rings. The van der Waals surface area contributed by atoms with Crippen LogP contribution in [-0.4, -0.2) is 16.7 Å². The third kappa shape index (κ3) is 3.57. The molecule has 0 bridgehead atoms. The molecule has 0 saturated heterocycles. The number of aromatic nitrogens is 2. The Morgan fingerprint density at radius 3 is 2.77 bits per heavy atom. The summed E-state index contributed by atoms with van der Waals surface area (Å²) in [6.07, 6.45) is 4.85. The van der Waals surface area contributed by atoms with Crippen molar-refractivity contribution >= 4 is 5.69 Å². The topological polar surface area (TPSA) is 60.2 Å². The van der Waals surface area contributed by atoms with E-state index in [9.17, 15) is 0 Å². The summed E-state index contributed by atoms with van der Waals surface area (Å²) >= 11 is 0. The van der Waals surface area contributed by atoms with Crippen molar-refractivity contribution in [3.63, 3.8) is 0 Å². The smallest absolute Gasteiger partial charge is 0.246 e. The zero-order valence-corrected chi connectivity index (χ0v) is 15.0. The Hall–Kier alpha value is -2.82. The molecule has 0 unspecified atom stereocenters. The van der Waals surface area contributed by atoms with Crippen molar-refractivity contribution in [2.45, 2.75) is 39.2 Å². The molecule has 0 spiro atoms. The number of hydrogen-bond acceptors (Lipinski definition) is 5. The van der Waals surface area contributed by atoms with Gasteiger partial charge in [-0.05, 0) is 74.1 Å². The van der Waals surface area contributed by atoms with Crippen LogP contribution in [-0.2, 0) is 19.4 Å². The minimum absolute atomic E-state index is 0.528. The number of hydrogen-bond donors (Lipinski definition) is 1. The number of benzene rings is 2. The Morgan fingerprint density at radius 1 is 1.08 bits per heavy atom. The van der Waals surface area contributed by atoms with E-state index in [2.05, 4.69) is 33.7 Å². The molecule has 5 nitrogen and oxygen atoms in total. The first kappa shape index (κ1) is 16.6. The molecule has 1 aliphatic rings. The van der Waals surface area contributed by atoms with Gasteiger partial charge in [-0.1, -0.05) is 17.3 Å². The van der Waals surface area contributed by atoms with Crippen LogP contribution in [0.25, 0.3) is 11.4 Å². The lowest BCUT2D eigenvalue weighted by atomic mass is 9.90. The van der Waals surface area contributed by atoms with Gasteiger partial charge in [-0.15, -0.1) is 0 Å². The van der Waals surface area contributed by atoms with E-state index < -0.39 is 0 Å². The summed E-state index contributed by atoms with van der Waals surface area (Å²) in [7, 11) is 0. The average molecular weight is 349 g/mol. The van der Waals surface area contributed by atoms with Crippen LogP contribution in [0.2, 0.25) is 0 Å². The van der Waals surface area contributed by atoms with E-state index in [1.807, 2.05) is 31.2 Å². The van der Waals surface area contributed by atoms with E-state index >= 15 is 0 Å². The standard InChI is InChI=1S/C21H23N3O2/c1-2-25-17-12-10-16(11-13-17)21-23-20(26-24-21)14-22-19-9-5-7-15-6-3-4-8-18(15)19/h5,7,9-13,22H,2-4,6,8,14H2,1H3. The summed E-state index contributed by atoms with van der Waals surface area (Å²) in [5.74, 6) is 2.03. The van der Waals surface area contributed by atoms with Gasteiger partial charge in [-0.2, -0.15) is 4.98 Å². The van der Waals surface area contributed by atoms with Crippen LogP contribution in [0.4, 0.5) is 5.69 Å². The van der Waals surface area contributed by atoms with E-state index in [1.165, 1.54) is 36.1 Å². The highest BCUT2D eigenvalue weighted by molar-refractivity contribution is 5.57. The van der Waals surface area contributed by atoms with Crippen molar-refractivity contribution in [1.29, 1.82) is 0 Å². The average Bonchev–Trinajstić information content (AvgIpc) is 3.16. The van der Waals surface area contributed by atoms with Gasteiger partial charge in [0.25, 0.3) is 0 Å². The lowest BCUT2D eigenvalue weighted by Gasteiger charge is -2.19. The number of ether oxygens (including phenoxy) is 1. The van der Waals surface area contributed by atoms with Crippen molar-refractivity contribution < 1.29 is 9.26 Å². The number of aryl methyl sites for hydroxylation is 1. The molecule has 0 amide bonds. The minimum Gasteiger partial charge on any atom is -0.494 e. The highest BCUT2D eigenvalue weighted by Crippen LogP contribution is 2.28. The van der Waals surface area contributed by atoms with Gasteiger partial charge in [0.05, 0.1) is 13.2 Å². The Balaban J connectivity index is 1.44. The summed E-state index contributed by atoms with van der Waals surface area (Å²) in [4.78, 5) is 4.50. The quantitative estimate of drug-likeness (QED) is 0.703. The summed E-state index contributed by atoms with van der Waals surface area (Å²) < 4.78 is 10.9. The van der Waals surface area contributed by atoms with Gasteiger partial charge in [-0.25, -0.2) is 0 Å². The van der Waals surface area contributed by atoms with Crippen LogP contribution in [0, 0.1) is 0 Å². The summed E-state index contributed by atoms with van der Waals surface area (Å²) in [6.45, 7) is 3.15. The highest BCUT2D eigenvalue weighted by atomic mass is 16.5. The molecule has 0 aliphatic heterocycles. The van der Waals surface area contributed by atoms with E-state index in [-0.39, 0.29) is 0 Å². The van der Waals surface area contributed by atoms with Crippen LogP contribution < -0.4 is 10.1 Å². The zero-order valence-electron chi connectivity index (χ0n) is 15.0. The number of anilines is 1. The third-order valence-corrected chi connectivity index (χ3v) is 4.72. The molecule has 0 fully saturated rings. The van der Waals surface area contributed by atoms with Gasteiger partial charge in [0.1, 0.15) is 5.75 Å². The second-order valence-corrected chi connectivity index (χ2v) is 6.47. The van der Waals surface area contributed by atoms with Gasteiger partial charge in [0, 0.05) is 11.3 Å². The minimum atomic E-state index is 0.528. The van der Waals surface area contributed by atoms with Gasteiger partial charge in [0.15, 0.2) is 0 Å². The number of nitrogens with zero attached hydrogens (tertiary/aromatic N) is 2. The maximum absolute atomic E-state index is 5.46. The molecule has 2 aromatic carbocycles. The van der Waals surface area contributed by atoms with E-state index in [1.54, 1.807) is 0 Å². The fourth-order valence-electron chi connectivity index (χ4n) is 3.43. The monoisotopic (exact) mass is 349 g/mol. The Morgan fingerprint density at radius 2 is 1.92 bits per heavy atom. The first-order valence-corrected chi connectivity index (χ1v) is 9.24. The van der Waals surface area contributed by atoms with Crippen molar-refractivity contribution in [3.05, 3.63) is 59.5 Å². The Labute approximate surface area is 153 Å². The van der Waals surface area contributed by atoms with E-state index in [0.717, 1.165) is 17.7 Å². The normalized spacial score (nSPS) is 13.3. The first-order chi connectivity index (χ1) is 12.8. The molecule has 0 radical (unpaired) electrons. The molecule has 1 aliphatic carbocycles. The number of fused-ring (bicyclic) bond motifs is 1. The lowest BCUT2D eigenvalue weighted by molar-refractivity contribution is 0.340. The molecule has 0 saturated carbocycles. The first-order valence-electron chi connectivity index (χ1n) is 9.24. The van der Waals surface area contributed by atoms with Gasteiger partial charge in [-0.3, -0.25) is 0 Å². The zero-order chi connectivity index (χ0) is 17.8. The Bertz CT molecular complexity index is 871. The fraction of sp³-hybridized carbons (Fsp3) is 0.333. The fourth-order valence-corrected chi connectivity index (χ4v) is 3.43. The molecule has 0 atom stereocenters. The van der Waals surface area contributed by atoms with Crippen molar-refractivity contribution in [3.8, 4) is 17.1 Å². The van der Waals surface area contributed by atoms with Crippen LogP contribution in [0.5, 0.6) is 5.75 Å². The predicted molar refractivity (Wildman–Crippen MR) is 101 cm³/mol. The van der Waals surface area contributed by atoms with Crippen molar-refractivity contribution in [2.24, 2.45) is 0 Å². The summed E-state index contributed by atoms with van der Waals surface area (Å²) in [5, 5.41) is 7.56. The lowest BCUT2D eigenvalue weighted by Crippen LogP contribution is -2.08. The van der Waals surface area contributed by atoms with Crippen LogP contribution in [0.15, 0.2) is 47.0 Å². The summed E-state index contributed by atoms with van der Waals surface area (Å²) in [5.41, 5.74) is 5.00. The largest absolute Gasteiger partial charge is 0.494 e. The molecular formula is C21H23N3O2. The van der Waals surface area contributed by atoms with Crippen LogP contribution >= 0.6 is 0 Å². The molecule has 1 N–H and O–H groups in total. The van der Waals surface area contributed by atoms with Crippen LogP contribution in [0.3, 0.4) is 0 Å². The number of rotatable bonds is 6. The molecule has 4 rings (SSSR count). The highest BCUT2D eigenvalue weighted by Gasteiger charge is 2.14. The van der Waals surface area contributed by atoms with Crippen LogP contribution in [0.1, 0.15) is 36.8 Å². The number of nitrogens with one attached hydrogen (secondary N) is 1. The Kier molecular flexibility index (Phi) is 4.86. The maximum atomic E-state index is 5.46. The van der Waals surface area contributed by atoms with Crippen molar-refractivity contribution in [1.82, 2.24) is 10.1 Å². The summed E-state index contributed by atoms with van der Waals surface area (Å²) in [6, 6.07) is 14.2. The predicted octanol–water partition coefficient (Wildman–Crippen LogP) is 4.63. The molecule has 1 aromatic heterocycles. The van der Waals surface area contributed by atoms with E-state index in [0.29, 0.717) is 24.9 Å². The molecule has 26 heavy (non-hydrogen) atoms. The van der Waals surface area contributed by atoms with E-state index in [4.69, 9.17) is 9.26 Å². The molecular weight excluding hydrogens is 326 g/mol. The maximum Gasteiger partial charge on any atom is 0.246 e. The third-order valence-electron chi connectivity index (χ3n) is 4.72. The van der Waals surface area contributed by atoms with Gasteiger partial charge >= 0.3 is 0 Å². The van der Waals surface area contributed by atoms with Crippen molar-refractivity contribution in [2.75, 3.05) is 11.9 Å². The molecule has 1 heterocycles. The van der Waals surface area contributed by atoms with Gasteiger partial charge < -0.3 is 14.6 Å². The molecule has 5 heteroatoms. The van der Waals surface area contributed by atoms with Gasteiger partial charge in [0.2, 0.25) is 11.7 Å².